The number of nitrogens with one attached hydrogen (secondary N) is 2. The van der Waals surface area contributed by atoms with Gasteiger partial charge >= 0.3 is 0 Å². The molecule has 1 fully saturated rings. The first-order valence-electron chi connectivity index (χ1n) is 7.38. The lowest BCUT2D eigenvalue weighted by atomic mass is 9.94. The van der Waals surface area contributed by atoms with Crippen molar-refractivity contribution < 1.29 is 4.79 Å². The minimum absolute atomic E-state index is 0. The zero-order valence-electron chi connectivity index (χ0n) is 12.2. The van der Waals surface area contributed by atoms with E-state index < -0.39 is 0 Å². The number of piperidine rings is 1. The van der Waals surface area contributed by atoms with E-state index >= 15 is 0 Å². The molecular formula is C16H25ClN2O. The van der Waals surface area contributed by atoms with E-state index in [1.54, 1.807) is 0 Å². The van der Waals surface area contributed by atoms with Crippen LogP contribution in [0.3, 0.4) is 0 Å². The topological polar surface area (TPSA) is 41.1 Å². The van der Waals surface area contributed by atoms with Crippen LogP contribution in [-0.2, 0) is 11.2 Å². The number of halogens is 1. The molecule has 1 saturated heterocycles. The second-order valence-corrected chi connectivity index (χ2v) is 5.35. The quantitative estimate of drug-likeness (QED) is 0.874. The molecule has 1 amide bonds. The van der Waals surface area contributed by atoms with Gasteiger partial charge in [0.05, 0.1) is 0 Å². The van der Waals surface area contributed by atoms with Crippen LogP contribution in [0.2, 0.25) is 0 Å². The molecule has 1 aliphatic rings. The van der Waals surface area contributed by atoms with E-state index in [-0.39, 0.29) is 18.3 Å². The van der Waals surface area contributed by atoms with E-state index in [2.05, 4.69) is 23.6 Å². The first-order valence-corrected chi connectivity index (χ1v) is 7.38. The number of aryl methyl sites for hydroxylation is 1. The largest absolute Gasteiger partial charge is 0.326 e. The molecule has 1 heterocycles. The Balaban J connectivity index is 0.00000200. The number of benzene rings is 1. The number of carbonyl (C=O) groups is 1. The molecule has 0 spiro atoms. The minimum Gasteiger partial charge on any atom is -0.326 e. The van der Waals surface area contributed by atoms with Gasteiger partial charge in [0.25, 0.3) is 0 Å². The molecule has 1 aromatic carbocycles. The first-order chi connectivity index (χ1) is 9.29. The average Bonchev–Trinajstić information content (AvgIpc) is 2.42. The van der Waals surface area contributed by atoms with Gasteiger partial charge in [0.1, 0.15) is 0 Å². The van der Waals surface area contributed by atoms with Crippen molar-refractivity contribution in [1.82, 2.24) is 5.32 Å². The van der Waals surface area contributed by atoms with Crippen molar-refractivity contribution in [3.8, 4) is 0 Å². The summed E-state index contributed by atoms with van der Waals surface area (Å²) >= 11 is 0. The summed E-state index contributed by atoms with van der Waals surface area (Å²) in [6.45, 7) is 4.25. The number of rotatable bonds is 5. The van der Waals surface area contributed by atoms with Crippen LogP contribution < -0.4 is 10.6 Å². The van der Waals surface area contributed by atoms with Crippen LogP contribution in [0.1, 0.15) is 38.2 Å². The average molecular weight is 297 g/mol. The number of para-hydroxylation sites is 1. The van der Waals surface area contributed by atoms with Crippen LogP contribution in [0.15, 0.2) is 24.3 Å². The lowest BCUT2D eigenvalue weighted by Crippen LogP contribution is -2.30. The third-order valence-corrected chi connectivity index (χ3v) is 3.74. The molecule has 2 N–H and O–H groups in total. The predicted molar refractivity (Wildman–Crippen MR) is 86.5 cm³/mol. The van der Waals surface area contributed by atoms with Gasteiger partial charge in [0.2, 0.25) is 5.91 Å². The van der Waals surface area contributed by atoms with Crippen LogP contribution in [0.5, 0.6) is 0 Å². The Hall–Kier alpha value is -1.06. The molecule has 112 valence electrons. The highest BCUT2D eigenvalue weighted by molar-refractivity contribution is 5.91. The van der Waals surface area contributed by atoms with E-state index in [1.165, 1.54) is 5.56 Å². The summed E-state index contributed by atoms with van der Waals surface area (Å²) in [7, 11) is 0. The molecule has 2 rings (SSSR count). The van der Waals surface area contributed by atoms with E-state index in [4.69, 9.17) is 0 Å². The molecule has 3 nitrogen and oxygen atoms in total. The Morgan fingerprint density at radius 2 is 2.00 bits per heavy atom. The number of hydrogen-bond donors (Lipinski definition) is 2. The van der Waals surface area contributed by atoms with Crippen molar-refractivity contribution in [2.24, 2.45) is 5.92 Å². The second kappa shape index (κ2) is 8.98. The van der Waals surface area contributed by atoms with Crippen molar-refractivity contribution in [3.63, 3.8) is 0 Å². The molecule has 0 aliphatic carbocycles. The normalized spacial score (nSPS) is 15.4. The number of amides is 1. The van der Waals surface area contributed by atoms with Crippen LogP contribution in [0.25, 0.3) is 0 Å². The standard InChI is InChI=1S/C16H24N2O.ClH/c1-2-5-14-6-3-4-7-15(14)18-16(19)12-13-8-10-17-11-9-13;/h3-4,6-7,13,17H,2,5,8-12H2,1H3,(H,18,19);1H. The molecule has 0 bridgehead atoms. The maximum absolute atomic E-state index is 12.1. The number of hydrogen-bond acceptors (Lipinski definition) is 2. The Morgan fingerprint density at radius 1 is 1.30 bits per heavy atom. The van der Waals surface area contributed by atoms with E-state index in [1.807, 2.05) is 18.2 Å². The molecule has 1 aromatic rings. The van der Waals surface area contributed by atoms with Crippen molar-refractivity contribution >= 4 is 24.0 Å². The fourth-order valence-corrected chi connectivity index (χ4v) is 2.68. The molecule has 0 aromatic heterocycles. The Labute approximate surface area is 127 Å². The highest BCUT2D eigenvalue weighted by atomic mass is 35.5. The summed E-state index contributed by atoms with van der Waals surface area (Å²) in [5, 5.41) is 6.42. The molecule has 20 heavy (non-hydrogen) atoms. The van der Waals surface area contributed by atoms with Crippen molar-refractivity contribution in [1.29, 1.82) is 0 Å². The van der Waals surface area contributed by atoms with E-state index in [0.717, 1.165) is 44.5 Å². The molecule has 1 aliphatic heterocycles. The van der Waals surface area contributed by atoms with Gasteiger partial charge in [-0.25, -0.2) is 0 Å². The minimum atomic E-state index is 0. The molecule has 0 saturated carbocycles. The number of carbonyl (C=O) groups excluding carboxylic acids is 1. The van der Waals surface area contributed by atoms with Crippen LogP contribution in [-0.4, -0.2) is 19.0 Å². The zero-order chi connectivity index (χ0) is 13.5. The predicted octanol–water partition coefficient (Wildman–Crippen LogP) is 3.39. The molecule has 0 atom stereocenters. The first kappa shape index (κ1) is 17.0. The van der Waals surface area contributed by atoms with Gasteiger partial charge in [-0.2, -0.15) is 0 Å². The van der Waals surface area contributed by atoms with Gasteiger partial charge in [0, 0.05) is 12.1 Å². The van der Waals surface area contributed by atoms with Gasteiger partial charge in [-0.3, -0.25) is 4.79 Å². The molecule has 0 unspecified atom stereocenters. The summed E-state index contributed by atoms with van der Waals surface area (Å²) < 4.78 is 0. The summed E-state index contributed by atoms with van der Waals surface area (Å²) in [5.41, 5.74) is 2.23. The van der Waals surface area contributed by atoms with Gasteiger partial charge in [0.15, 0.2) is 0 Å². The van der Waals surface area contributed by atoms with Crippen LogP contribution >= 0.6 is 12.4 Å². The lowest BCUT2D eigenvalue weighted by Gasteiger charge is -2.22. The zero-order valence-corrected chi connectivity index (χ0v) is 13.0. The van der Waals surface area contributed by atoms with Crippen molar-refractivity contribution in [2.45, 2.75) is 39.0 Å². The smallest absolute Gasteiger partial charge is 0.224 e. The molecule has 0 radical (unpaired) electrons. The van der Waals surface area contributed by atoms with Gasteiger partial charge in [-0.15, -0.1) is 12.4 Å². The summed E-state index contributed by atoms with van der Waals surface area (Å²) in [5.74, 6) is 0.704. The Bertz CT molecular complexity index is 417. The van der Waals surface area contributed by atoms with Gasteiger partial charge < -0.3 is 10.6 Å². The maximum atomic E-state index is 12.1. The fraction of sp³-hybridized carbons (Fsp3) is 0.562. The number of anilines is 1. The summed E-state index contributed by atoms with van der Waals surface area (Å²) in [6, 6.07) is 8.13. The van der Waals surface area contributed by atoms with Gasteiger partial charge in [-0.05, 0) is 49.9 Å². The maximum Gasteiger partial charge on any atom is 0.224 e. The van der Waals surface area contributed by atoms with E-state index in [0.29, 0.717) is 12.3 Å². The lowest BCUT2D eigenvalue weighted by molar-refractivity contribution is -0.117. The third-order valence-electron chi connectivity index (χ3n) is 3.74. The van der Waals surface area contributed by atoms with Crippen LogP contribution in [0.4, 0.5) is 5.69 Å². The SMILES string of the molecule is CCCc1ccccc1NC(=O)CC1CCNCC1.Cl. The fourth-order valence-electron chi connectivity index (χ4n) is 2.68. The monoisotopic (exact) mass is 296 g/mol. The van der Waals surface area contributed by atoms with Gasteiger partial charge in [-0.1, -0.05) is 31.5 Å². The van der Waals surface area contributed by atoms with Crippen molar-refractivity contribution in [3.05, 3.63) is 29.8 Å². The molecule has 4 heteroatoms. The van der Waals surface area contributed by atoms with Crippen LogP contribution in [0, 0.1) is 5.92 Å². The van der Waals surface area contributed by atoms with Crippen molar-refractivity contribution in [2.75, 3.05) is 18.4 Å². The second-order valence-electron chi connectivity index (χ2n) is 5.35. The highest BCUT2D eigenvalue weighted by Crippen LogP contribution is 2.20. The molecular weight excluding hydrogens is 272 g/mol. The van der Waals surface area contributed by atoms with E-state index in [9.17, 15) is 4.79 Å². The third kappa shape index (κ3) is 5.14. The highest BCUT2D eigenvalue weighted by Gasteiger charge is 2.17. The summed E-state index contributed by atoms with van der Waals surface area (Å²) in [4.78, 5) is 12.1. The Kier molecular flexibility index (Phi) is 7.63. The summed E-state index contributed by atoms with van der Waals surface area (Å²) in [6.07, 6.45) is 5.00. The Morgan fingerprint density at radius 3 is 2.70 bits per heavy atom.